The third-order valence-electron chi connectivity index (χ3n) is 4.78. The van der Waals surface area contributed by atoms with Crippen LogP contribution in [0.5, 0.6) is 11.8 Å². The lowest BCUT2D eigenvalue weighted by Crippen LogP contribution is -2.33. The number of methoxy groups -OCH3 is 1. The van der Waals surface area contributed by atoms with E-state index in [1.54, 1.807) is 0 Å². The standard InChI is InChI=1S/C20H19F5N6O5/c1-4-30-13(8-32)29-31(19(30)34)16-12(22)7-10(18(28-16)36-9(2)20(23,24)25)17(33)27-15-11(21)5-6-14(26-15)35-3/h5-7,9,32H,4,8H2,1-3H3,(H,26,27,33)/t9-/m0/s1. The first-order chi connectivity index (χ1) is 16.9. The number of amides is 1. The van der Waals surface area contributed by atoms with Gasteiger partial charge in [-0.1, -0.05) is 0 Å². The van der Waals surface area contributed by atoms with Crippen LogP contribution >= 0.6 is 0 Å². The maximum atomic E-state index is 15.0. The minimum Gasteiger partial charge on any atom is -0.481 e. The van der Waals surface area contributed by atoms with E-state index in [1.807, 2.05) is 5.32 Å². The van der Waals surface area contributed by atoms with Crippen LogP contribution in [0.25, 0.3) is 5.82 Å². The second kappa shape index (κ2) is 10.3. The molecule has 0 aliphatic rings. The predicted molar refractivity (Wildman–Crippen MR) is 112 cm³/mol. The normalized spacial score (nSPS) is 12.4. The molecular formula is C20H19F5N6O5. The Morgan fingerprint density at radius 2 is 1.92 bits per heavy atom. The molecule has 0 fully saturated rings. The van der Waals surface area contributed by atoms with Gasteiger partial charge in [-0.2, -0.15) is 27.8 Å². The molecule has 3 heterocycles. The first-order valence-corrected chi connectivity index (χ1v) is 10.2. The number of alkyl halides is 3. The van der Waals surface area contributed by atoms with E-state index < -0.39 is 65.2 Å². The number of aromatic nitrogens is 5. The lowest BCUT2D eigenvalue weighted by Gasteiger charge is -2.19. The van der Waals surface area contributed by atoms with Crippen LogP contribution in [0.4, 0.5) is 27.8 Å². The molecule has 1 amide bonds. The summed E-state index contributed by atoms with van der Waals surface area (Å²) >= 11 is 0. The van der Waals surface area contributed by atoms with Crippen LogP contribution < -0.4 is 20.5 Å². The van der Waals surface area contributed by atoms with Crippen molar-refractivity contribution in [2.24, 2.45) is 0 Å². The average Bonchev–Trinajstić information content (AvgIpc) is 3.15. The van der Waals surface area contributed by atoms with Gasteiger partial charge in [-0.15, -0.1) is 5.10 Å². The lowest BCUT2D eigenvalue weighted by molar-refractivity contribution is -0.190. The number of aliphatic hydroxyl groups is 1. The Balaban J connectivity index is 2.14. The summed E-state index contributed by atoms with van der Waals surface area (Å²) in [6, 6.07) is 2.50. The first-order valence-electron chi connectivity index (χ1n) is 10.2. The van der Waals surface area contributed by atoms with Gasteiger partial charge in [0, 0.05) is 12.6 Å². The van der Waals surface area contributed by atoms with Gasteiger partial charge in [-0.25, -0.2) is 13.6 Å². The highest BCUT2D eigenvalue weighted by atomic mass is 19.4. The number of carbonyl (C=O) groups excluding carboxylic acids is 1. The van der Waals surface area contributed by atoms with Crippen molar-refractivity contribution in [2.75, 3.05) is 12.4 Å². The van der Waals surface area contributed by atoms with E-state index in [0.29, 0.717) is 17.7 Å². The van der Waals surface area contributed by atoms with Crippen molar-refractivity contribution in [3.8, 4) is 17.6 Å². The van der Waals surface area contributed by atoms with Gasteiger partial charge in [0.25, 0.3) is 5.91 Å². The number of halogens is 5. The van der Waals surface area contributed by atoms with Gasteiger partial charge in [0.05, 0.1) is 7.11 Å². The van der Waals surface area contributed by atoms with E-state index in [0.717, 1.165) is 16.7 Å². The molecule has 11 nitrogen and oxygen atoms in total. The quantitative estimate of drug-likeness (QED) is 0.434. The smallest absolute Gasteiger partial charge is 0.425 e. The summed E-state index contributed by atoms with van der Waals surface area (Å²) in [6.07, 6.45) is -7.42. The van der Waals surface area contributed by atoms with Crippen molar-refractivity contribution in [1.82, 2.24) is 24.3 Å². The SMILES string of the molecule is CCn1c(CO)nn(-c2nc(O[C@@H](C)C(F)(F)F)c(C(=O)Nc3nc(OC)ccc3F)cc2F)c1=O. The maximum absolute atomic E-state index is 15.0. The number of ether oxygens (including phenoxy) is 2. The molecule has 36 heavy (non-hydrogen) atoms. The van der Waals surface area contributed by atoms with Crippen molar-refractivity contribution in [3.63, 3.8) is 0 Å². The Kier molecular flexibility index (Phi) is 7.57. The number of carbonyl (C=O) groups is 1. The number of hydrogen-bond acceptors (Lipinski definition) is 8. The largest absolute Gasteiger partial charge is 0.481 e. The van der Waals surface area contributed by atoms with Crippen LogP contribution in [-0.4, -0.2) is 54.7 Å². The molecule has 0 saturated heterocycles. The molecule has 0 bridgehead atoms. The van der Waals surface area contributed by atoms with Crippen molar-refractivity contribution < 1.29 is 41.3 Å². The van der Waals surface area contributed by atoms with Crippen LogP contribution in [0.15, 0.2) is 23.0 Å². The monoisotopic (exact) mass is 518 g/mol. The Hall–Kier alpha value is -4.08. The van der Waals surface area contributed by atoms with Crippen LogP contribution in [0.3, 0.4) is 0 Å². The van der Waals surface area contributed by atoms with E-state index in [4.69, 9.17) is 9.47 Å². The molecule has 0 spiro atoms. The maximum Gasteiger partial charge on any atom is 0.425 e. The highest BCUT2D eigenvalue weighted by Gasteiger charge is 2.39. The van der Waals surface area contributed by atoms with Crippen molar-refractivity contribution in [3.05, 3.63) is 51.7 Å². The summed E-state index contributed by atoms with van der Waals surface area (Å²) in [6.45, 7) is 1.47. The highest BCUT2D eigenvalue weighted by molar-refractivity contribution is 6.05. The molecule has 3 aromatic heterocycles. The molecule has 1 atom stereocenters. The second-order valence-electron chi connectivity index (χ2n) is 7.10. The highest BCUT2D eigenvalue weighted by Crippen LogP contribution is 2.29. The summed E-state index contributed by atoms with van der Waals surface area (Å²) in [5.74, 6) is -6.54. The number of anilines is 1. The molecule has 3 rings (SSSR count). The predicted octanol–water partition coefficient (Wildman–Crippen LogP) is 2.20. The van der Waals surface area contributed by atoms with Crippen LogP contribution in [0.1, 0.15) is 30.0 Å². The zero-order valence-corrected chi connectivity index (χ0v) is 18.9. The van der Waals surface area contributed by atoms with Crippen LogP contribution in [-0.2, 0) is 13.2 Å². The first kappa shape index (κ1) is 26.5. The third-order valence-corrected chi connectivity index (χ3v) is 4.78. The number of hydrogen-bond donors (Lipinski definition) is 2. The summed E-state index contributed by atoms with van der Waals surface area (Å²) in [5, 5.41) is 15.1. The van der Waals surface area contributed by atoms with E-state index in [-0.39, 0.29) is 18.2 Å². The topological polar surface area (TPSA) is 133 Å². The van der Waals surface area contributed by atoms with Crippen molar-refractivity contribution in [1.29, 1.82) is 0 Å². The molecule has 3 aromatic rings. The number of nitrogens with one attached hydrogen (secondary N) is 1. The Morgan fingerprint density at radius 3 is 2.47 bits per heavy atom. The fourth-order valence-electron chi connectivity index (χ4n) is 2.91. The lowest BCUT2D eigenvalue weighted by atomic mass is 10.2. The van der Waals surface area contributed by atoms with E-state index in [2.05, 4.69) is 15.1 Å². The molecule has 194 valence electrons. The zero-order valence-electron chi connectivity index (χ0n) is 18.9. The Bertz CT molecular complexity index is 1340. The van der Waals surface area contributed by atoms with Crippen molar-refractivity contribution >= 4 is 11.7 Å². The Labute approximate surface area is 199 Å². The van der Waals surface area contributed by atoms with Gasteiger partial charge in [-0.3, -0.25) is 9.36 Å². The van der Waals surface area contributed by atoms with Gasteiger partial charge in [0.2, 0.25) is 11.8 Å². The molecule has 0 aliphatic carbocycles. The molecule has 0 radical (unpaired) electrons. The van der Waals surface area contributed by atoms with Gasteiger partial charge >= 0.3 is 11.9 Å². The minimum absolute atomic E-state index is 0.0321. The number of rotatable bonds is 8. The van der Waals surface area contributed by atoms with Crippen LogP contribution in [0, 0.1) is 11.6 Å². The van der Waals surface area contributed by atoms with Gasteiger partial charge in [0.1, 0.15) is 12.2 Å². The molecule has 0 aromatic carbocycles. The van der Waals surface area contributed by atoms with Crippen LogP contribution in [0.2, 0.25) is 0 Å². The molecule has 2 N–H and O–H groups in total. The summed E-state index contributed by atoms with van der Waals surface area (Å²) in [4.78, 5) is 32.6. The molecule has 16 heteroatoms. The second-order valence-corrected chi connectivity index (χ2v) is 7.10. The fraction of sp³-hybridized carbons (Fsp3) is 0.350. The van der Waals surface area contributed by atoms with Gasteiger partial charge < -0.3 is 19.9 Å². The minimum atomic E-state index is -4.91. The number of aliphatic hydroxyl groups excluding tert-OH is 1. The van der Waals surface area contributed by atoms with Crippen molar-refractivity contribution in [2.45, 2.75) is 39.3 Å². The fourth-order valence-corrected chi connectivity index (χ4v) is 2.91. The summed E-state index contributed by atoms with van der Waals surface area (Å²) in [5.41, 5.74) is -1.82. The number of nitrogens with zero attached hydrogens (tertiary/aromatic N) is 5. The molecule has 0 saturated carbocycles. The van der Waals surface area contributed by atoms with Gasteiger partial charge in [-0.05, 0) is 26.0 Å². The molecule has 0 unspecified atom stereocenters. The Morgan fingerprint density at radius 1 is 1.22 bits per heavy atom. The van der Waals surface area contributed by atoms with Gasteiger partial charge in [0.15, 0.2) is 35.2 Å². The third kappa shape index (κ3) is 5.27. The molecule has 0 aliphatic heterocycles. The zero-order chi connectivity index (χ0) is 26.8. The van der Waals surface area contributed by atoms with E-state index in [9.17, 15) is 32.3 Å². The van der Waals surface area contributed by atoms with E-state index >= 15 is 4.39 Å². The number of pyridine rings is 2. The molecular weight excluding hydrogens is 499 g/mol. The summed E-state index contributed by atoms with van der Waals surface area (Å²) in [7, 11) is 1.22. The van der Waals surface area contributed by atoms with E-state index in [1.165, 1.54) is 14.0 Å². The average molecular weight is 518 g/mol. The summed E-state index contributed by atoms with van der Waals surface area (Å²) < 4.78 is 79.6.